The highest BCUT2D eigenvalue weighted by atomic mass is 32.1. The number of carbonyl (C=O) groups excluding carboxylic acids is 2. The number of aromatic nitrogens is 1. The van der Waals surface area contributed by atoms with Gasteiger partial charge >= 0.3 is 18.3 Å². The summed E-state index contributed by atoms with van der Waals surface area (Å²) in [6.07, 6.45) is -0.999. The maximum Gasteiger partial charge on any atom is 0.425 e. The van der Waals surface area contributed by atoms with E-state index in [4.69, 9.17) is 9.84 Å². The highest BCUT2D eigenvalue weighted by molar-refractivity contribution is 7.10. The van der Waals surface area contributed by atoms with E-state index in [0.29, 0.717) is 106 Å². The molecule has 1 saturated carbocycles. The summed E-state index contributed by atoms with van der Waals surface area (Å²) in [7, 11) is 0. The van der Waals surface area contributed by atoms with Crippen LogP contribution in [0.3, 0.4) is 0 Å². The fraction of sp³-hybridized carbons (Fsp3) is 0.537. The van der Waals surface area contributed by atoms with Gasteiger partial charge in [0.25, 0.3) is 5.91 Å². The highest BCUT2D eigenvalue weighted by Crippen LogP contribution is 2.45. The van der Waals surface area contributed by atoms with Crippen molar-refractivity contribution in [1.29, 1.82) is 5.26 Å². The number of benzene rings is 1. The topological polar surface area (TPSA) is 144 Å². The number of likely N-dealkylation sites (tertiary alicyclic amines) is 2. The van der Waals surface area contributed by atoms with Crippen molar-refractivity contribution in [3.05, 3.63) is 75.7 Å². The molecule has 3 fully saturated rings. The first kappa shape index (κ1) is 44.3. The Hall–Kier alpha value is -4.85. The van der Waals surface area contributed by atoms with Crippen molar-refractivity contribution in [2.24, 2.45) is 11.3 Å². The number of nitriles is 1. The standard InChI is InChI=1S/C36H43F3N4O5.C5H3F3OS/c1-2-8-29-25(9-5-6-19-43(29)32(45)26-23-41-18-12-27(26)36(37,38)39)31(44)42-20-15-35(24-40,16-21-42)28-10-3-4-11-30(28)48-22-17-34(33(46)47)13-7-14-34;6-5(7,8)4-1-3(9)2-10-4/h3-4,10-12,18,23,25,29H,2,5-9,13-17,19-22H2,1H3,(H,46,47);1-2,9H. The van der Waals surface area contributed by atoms with Crippen molar-refractivity contribution in [3.8, 4) is 17.6 Å². The van der Waals surface area contributed by atoms with Gasteiger partial charge in [0.1, 0.15) is 16.4 Å². The van der Waals surface area contributed by atoms with E-state index in [2.05, 4.69) is 11.1 Å². The molecule has 0 spiro atoms. The van der Waals surface area contributed by atoms with Crippen molar-refractivity contribution in [3.63, 3.8) is 0 Å². The van der Waals surface area contributed by atoms with Gasteiger partial charge in [0.2, 0.25) is 5.91 Å². The molecule has 10 nitrogen and oxygen atoms in total. The monoisotopic (exact) mass is 836 g/mol. The van der Waals surface area contributed by atoms with E-state index in [0.717, 1.165) is 30.3 Å². The van der Waals surface area contributed by atoms with Gasteiger partial charge in [-0.2, -0.15) is 31.6 Å². The van der Waals surface area contributed by atoms with Gasteiger partial charge in [-0.1, -0.05) is 44.4 Å². The molecule has 17 heteroatoms. The minimum absolute atomic E-state index is 0.147. The van der Waals surface area contributed by atoms with E-state index < -0.39 is 63.0 Å². The van der Waals surface area contributed by atoms with Crippen LogP contribution in [0.4, 0.5) is 26.3 Å². The second kappa shape index (κ2) is 18.4. The van der Waals surface area contributed by atoms with E-state index in [1.165, 1.54) is 4.90 Å². The number of rotatable bonds is 10. The number of ether oxygens (including phenoxy) is 1. The Labute approximate surface area is 336 Å². The van der Waals surface area contributed by atoms with Crippen LogP contribution in [0.2, 0.25) is 0 Å². The number of carboxylic acid groups (broad SMARTS) is 1. The molecule has 0 bridgehead atoms. The number of carboxylic acids is 1. The van der Waals surface area contributed by atoms with E-state index in [9.17, 15) is 51.1 Å². The molecule has 2 atom stereocenters. The zero-order chi connectivity index (χ0) is 42.3. The minimum atomic E-state index is -4.73. The number of piperidine rings is 1. The normalized spacial score (nSPS) is 20.4. The van der Waals surface area contributed by atoms with Crippen molar-refractivity contribution < 1.29 is 55.7 Å². The van der Waals surface area contributed by atoms with Crippen molar-refractivity contribution in [1.82, 2.24) is 14.8 Å². The van der Waals surface area contributed by atoms with Crippen LogP contribution in [0, 0.1) is 22.7 Å². The number of para-hydroxylation sites is 1. The Bertz CT molecular complexity index is 1950. The molecule has 6 rings (SSSR count). The SMILES string of the molecule is CCCC1C(C(=O)N2CCC(C#N)(c3ccccc3OCCC3(C(=O)O)CCC3)CC2)CCCCN1C(=O)c1cnccc1C(F)(F)F.Oc1csc(C(F)(F)F)c1. The fourth-order valence-corrected chi connectivity index (χ4v) is 8.80. The van der Waals surface area contributed by atoms with Gasteiger partial charge in [-0.25, -0.2) is 0 Å². The zero-order valence-corrected chi connectivity index (χ0v) is 32.8. The molecule has 0 radical (unpaired) electrons. The number of hydrogen-bond acceptors (Lipinski definition) is 8. The molecule has 3 aliphatic rings. The van der Waals surface area contributed by atoms with Crippen LogP contribution in [0.5, 0.6) is 11.5 Å². The number of pyridine rings is 1. The zero-order valence-electron chi connectivity index (χ0n) is 31.9. The summed E-state index contributed by atoms with van der Waals surface area (Å²) in [5.41, 5.74) is -2.51. The summed E-state index contributed by atoms with van der Waals surface area (Å²) in [5.74, 6) is -2.10. The molecule has 2 aromatic heterocycles. The van der Waals surface area contributed by atoms with Gasteiger partial charge in [-0.3, -0.25) is 19.4 Å². The Morgan fingerprint density at radius 1 is 1.00 bits per heavy atom. The number of aliphatic carboxylic acids is 1. The number of thiophene rings is 1. The molecule has 314 valence electrons. The number of aromatic hydroxyl groups is 1. The van der Waals surface area contributed by atoms with Crippen LogP contribution < -0.4 is 4.74 Å². The van der Waals surface area contributed by atoms with Gasteiger partial charge in [-0.05, 0) is 63.5 Å². The van der Waals surface area contributed by atoms with E-state index in [1.807, 2.05) is 25.1 Å². The van der Waals surface area contributed by atoms with Crippen molar-refractivity contribution in [2.75, 3.05) is 26.2 Å². The number of halogens is 6. The number of nitrogens with zero attached hydrogens (tertiary/aromatic N) is 4. The summed E-state index contributed by atoms with van der Waals surface area (Å²) in [5, 5.41) is 29.7. The minimum Gasteiger partial charge on any atom is -0.507 e. The van der Waals surface area contributed by atoms with Crippen molar-refractivity contribution in [2.45, 2.75) is 101 Å². The van der Waals surface area contributed by atoms with Gasteiger partial charge in [0, 0.05) is 55.1 Å². The third-order valence-corrected chi connectivity index (χ3v) is 12.5. The first-order valence-electron chi connectivity index (χ1n) is 19.3. The largest absolute Gasteiger partial charge is 0.507 e. The summed E-state index contributed by atoms with van der Waals surface area (Å²) in [6, 6.07) is 10.7. The van der Waals surface area contributed by atoms with Crippen LogP contribution in [0.1, 0.15) is 104 Å². The summed E-state index contributed by atoms with van der Waals surface area (Å²) in [6.45, 7) is 2.99. The van der Waals surface area contributed by atoms with E-state index in [1.54, 1.807) is 11.0 Å². The Balaban J connectivity index is 0.000000559. The van der Waals surface area contributed by atoms with Crippen molar-refractivity contribution >= 4 is 29.1 Å². The average molecular weight is 837 g/mol. The molecule has 1 aliphatic carbocycles. The lowest BCUT2D eigenvalue weighted by Crippen LogP contribution is -2.52. The Morgan fingerprint density at radius 2 is 1.71 bits per heavy atom. The molecule has 2 saturated heterocycles. The Morgan fingerprint density at radius 3 is 2.26 bits per heavy atom. The molecule has 4 heterocycles. The molecular formula is C41H46F6N4O6S. The second-order valence-corrected chi connectivity index (χ2v) is 16.0. The molecule has 58 heavy (non-hydrogen) atoms. The lowest BCUT2D eigenvalue weighted by atomic mass is 9.67. The van der Waals surface area contributed by atoms with E-state index in [-0.39, 0.29) is 24.8 Å². The van der Waals surface area contributed by atoms with Crippen LogP contribution >= 0.6 is 11.3 Å². The fourth-order valence-electron chi connectivity index (χ4n) is 8.16. The third kappa shape index (κ3) is 9.87. The number of hydrogen-bond donors (Lipinski definition) is 2. The summed E-state index contributed by atoms with van der Waals surface area (Å²) in [4.78, 5) is 46.0. The Kier molecular flexibility index (Phi) is 14.0. The smallest absolute Gasteiger partial charge is 0.425 e. The summed E-state index contributed by atoms with van der Waals surface area (Å²) < 4.78 is 82.7. The van der Waals surface area contributed by atoms with Crippen LogP contribution in [-0.2, 0) is 27.4 Å². The maximum absolute atomic E-state index is 14.2. The predicted molar refractivity (Wildman–Crippen MR) is 201 cm³/mol. The number of carbonyl (C=O) groups is 3. The molecule has 2 unspecified atom stereocenters. The second-order valence-electron chi connectivity index (χ2n) is 15.1. The predicted octanol–water partition coefficient (Wildman–Crippen LogP) is 9.09. The lowest BCUT2D eigenvalue weighted by Gasteiger charge is -2.42. The number of amides is 2. The highest BCUT2D eigenvalue weighted by Gasteiger charge is 2.46. The molecule has 2 aliphatic heterocycles. The summed E-state index contributed by atoms with van der Waals surface area (Å²) >= 11 is 0.481. The van der Waals surface area contributed by atoms with Gasteiger partial charge in [0.05, 0.1) is 40.6 Å². The first-order valence-corrected chi connectivity index (χ1v) is 20.2. The quantitative estimate of drug-likeness (QED) is 0.193. The molecular weight excluding hydrogens is 791 g/mol. The van der Waals surface area contributed by atoms with E-state index >= 15 is 0 Å². The third-order valence-electron chi connectivity index (χ3n) is 11.6. The lowest BCUT2D eigenvalue weighted by molar-refractivity contribution is -0.155. The maximum atomic E-state index is 14.2. The molecule has 2 amide bonds. The van der Waals surface area contributed by atoms with Crippen LogP contribution in [0.15, 0.2) is 54.2 Å². The first-order chi connectivity index (χ1) is 27.5. The van der Waals surface area contributed by atoms with Gasteiger partial charge < -0.3 is 24.7 Å². The van der Waals surface area contributed by atoms with Crippen LogP contribution in [0.25, 0.3) is 0 Å². The molecule has 1 aromatic carbocycles. The van der Waals surface area contributed by atoms with Gasteiger partial charge in [0.15, 0.2) is 0 Å². The van der Waals surface area contributed by atoms with Gasteiger partial charge in [-0.15, -0.1) is 11.3 Å². The molecule has 3 aromatic rings. The number of alkyl halides is 6. The molecule has 2 N–H and O–H groups in total. The average Bonchev–Trinajstić information content (AvgIpc) is 3.53. The van der Waals surface area contributed by atoms with Crippen LogP contribution in [-0.4, -0.2) is 75.1 Å².